The molecule has 1 atom stereocenters. The molecule has 0 fully saturated rings. The van der Waals surface area contributed by atoms with E-state index in [2.05, 4.69) is 0 Å². The van der Waals surface area contributed by atoms with Crippen molar-refractivity contribution < 1.29 is 17.9 Å². The zero-order chi connectivity index (χ0) is 13.2. The monoisotopic (exact) mass is 276 g/mol. The summed E-state index contributed by atoms with van der Waals surface area (Å²) >= 11 is 5.76. The van der Waals surface area contributed by atoms with E-state index in [0.29, 0.717) is 10.6 Å². The lowest BCUT2D eigenvalue weighted by atomic mass is 10.2. The Bertz CT molecular complexity index is 536. The molecule has 0 unspecified atom stereocenters. The molecule has 1 aromatic rings. The molecule has 6 heteroatoms. The smallest absolute Gasteiger partial charge is 0.329 e. The zero-order valence-electron chi connectivity index (χ0n) is 9.73. The molecule has 0 aliphatic heterocycles. The van der Waals surface area contributed by atoms with Gasteiger partial charge in [0.2, 0.25) is 0 Å². The molecule has 0 radical (unpaired) electrons. The number of benzene rings is 1. The first-order valence-electron chi connectivity index (χ1n) is 4.88. The Balaban J connectivity index is 2.92. The maximum Gasteiger partial charge on any atom is 0.329 e. The van der Waals surface area contributed by atoms with E-state index in [-0.39, 0.29) is 5.75 Å². The fourth-order valence-corrected chi connectivity index (χ4v) is 1.61. The highest BCUT2D eigenvalue weighted by atomic mass is 35.5. The Morgan fingerprint density at radius 2 is 2.00 bits per heavy atom. The summed E-state index contributed by atoms with van der Waals surface area (Å²) in [6.45, 7) is 3.03. The first-order valence-corrected chi connectivity index (χ1v) is 7.22. The van der Waals surface area contributed by atoms with Crippen molar-refractivity contribution in [1.82, 2.24) is 0 Å². The number of hydrogen-bond acceptors (Lipinski definition) is 4. The Kier molecular flexibility index (Phi) is 4.16. The van der Waals surface area contributed by atoms with Crippen LogP contribution in [-0.4, -0.2) is 25.9 Å². The van der Waals surface area contributed by atoms with Crippen LogP contribution in [0.3, 0.4) is 0 Å². The molecular formula is C11H13ClO4S. The maximum absolute atomic E-state index is 11.6. The van der Waals surface area contributed by atoms with E-state index in [9.17, 15) is 13.2 Å². The summed E-state index contributed by atoms with van der Waals surface area (Å²) in [5.74, 6) is -0.532. The predicted octanol–water partition coefficient (Wildman–Crippen LogP) is 1.99. The fraction of sp³-hybridized carbons (Fsp3) is 0.364. The number of carbonyl (C=O) groups excluding carboxylic acids is 1. The van der Waals surface area contributed by atoms with Gasteiger partial charge in [0.1, 0.15) is 5.75 Å². The van der Waals surface area contributed by atoms with Gasteiger partial charge >= 0.3 is 5.97 Å². The van der Waals surface area contributed by atoms with Gasteiger partial charge in [-0.1, -0.05) is 17.7 Å². The largest absolute Gasteiger partial charge is 0.425 e. The second-order valence-electron chi connectivity index (χ2n) is 3.80. The quantitative estimate of drug-likeness (QED) is 0.626. The van der Waals surface area contributed by atoms with Crippen molar-refractivity contribution in [2.24, 2.45) is 0 Å². The Morgan fingerprint density at radius 1 is 1.41 bits per heavy atom. The van der Waals surface area contributed by atoms with E-state index in [1.54, 1.807) is 19.1 Å². The van der Waals surface area contributed by atoms with Crippen LogP contribution in [0.4, 0.5) is 0 Å². The van der Waals surface area contributed by atoms with E-state index in [1.807, 2.05) is 0 Å². The molecule has 0 spiro atoms. The summed E-state index contributed by atoms with van der Waals surface area (Å²) in [7, 11) is -3.45. The second kappa shape index (κ2) is 5.06. The molecule has 17 heavy (non-hydrogen) atoms. The Hall–Kier alpha value is -1.07. The standard InChI is InChI=1S/C11H13ClO4S/c1-7-4-5-9(12)6-10(7)16-11(13)8(2)17(3,14)15/h4-6,8H,1-3H3/t8-/m1/s1. The van der Waals surface area contributed by atoms with Gasteiger partial charge in [0.05, 0.1) is 0 Å². The molecule has 0 saturated carbocycles. The zero-order valence-corrected chi connectivity index (χ0v) is 11.3. The number of sulfone groups is 1. The van der Waals surface area contributed by atoms with Gasteiger partial charge < -0.3 is 4.74 Å². The maximum atomic E-state index is 11.6. The molecule has 0 aromatic heterocycles. The lowest BCUT2D eigenvalue weighted by Gasteiger charge is -2.11. The third-order valence-electron chi connectivity index (χ3n) is 2.33. The van der Waals surface area contributed by atoms with Crippen LogP contribution in [0.15, 0.2) is 18.2 Å². The highest BCUT2D eigenvalue weighted by Gasteiger charge is 2.26. The van der Waals surface area contributed by atoms with Gasteiger partial charge in [0.15, 0.2) is 15.1 Å². The SMILES string of the molecule is Cc1ccc(Cl)cc1OC(=O)[C@@H](C)S(C)(=O)=O. The third-order valence-corrected chi connectivity index (χ3v) is 4.05. The molecular weight excluding hydrogens is 264 g/mol. The summed E-state index contributed by atoms with van der Waals surface area (Å²) < 4.78 is 27.4. The van der Waals surface area contributed by atoms with Crippen LogP contribution in [0.5, 0.6) is 5.75 Å². The van der Waals surface area contributed by atoms with Gasteiger partial charge in [0.25, 0.3) is 0 Å². The van der Waals surface area contributed by atoms with Gasteiger partial charge in [-0.05, 0) is 31.5 Å². The van der Waals surface area contributed by atoms with Crippen LogP contribution >= 0.6 is 11.6 Å². The van der Waals surface area contributed by atoms with Crippen LogP contribution in [-0.2, 0) is 14.6 Å². The lowest BCUT2D eigenvalue weighted by Crippen LogP contribution is -2.30. The average Bonchev–Trinajstić information content (AvgIpc) is 2.21. The van der Waals surface area contributed by atoms with Crippen molar-refractivity contribution in [3.63, 3.8) is 0 Å². The minimum atomic E-state index is -3.45. The van der Waals surface area contributed by atoms with Crippen molar-refractivity contribution in [1.29, 1.82) is 0 Å². The molecule has 1 aromatic carbocycles. The van der Waals surface area contributed by atoms with E-state index < -0.39 is 21.1 Å². The molecule has 0 N–H and O–H groups in total. The van der Waals surface area contributed by atoms with Crippen LogP contribution in [0.25, 0.3) is 0 Å². The van der Waals surface area contributed by atoms with Crippen molar-refractivity contribution >= 4 is 27.4 Å². The molecule has 1 rings (SSSR count). The van der Waals surface area contributed by atoms with Gasteiger partial charge in [-0.2, -0.15) is 0 Å². The van der Waals surface area contributed by atoms with Gasteiger partial charge in [0, 0.05) is 11.3 Å². The number of hydrogen-bond donors (Lipinski definition) is 0. The Labute approximate surface area is 105 Å². The minimum absolute atomic E-state index is 0.276. The van der Waals surface area contributed by atoms with E-state index in [1.165, 1.54) is 13.0 Å². The summed E-state index contributed by atoms with van der Waals surface area (Å²) in [5.41, 5.74) is 0.712. The topological polar surface area (TPSA) is 60.4 Å². The van der Waals surface area contributed by atoms with E-state index in [4.69, 9.17) is 16.3 Å². The van der Waals surface area contributed by atoms with Crippen molar-refractivity contribution in [3.8, 4) is 5.75 Å². The number of carbonyl (C=O) groups is 1. The predicted molar refractivity (Wildman–Crippen MR) is 66.1 cm³/mol. The summed E-state index contributed by atoms with van der Waals surface area (Å²) in [4.78, 5) is 11.6. The second-order valence-corrected chi connectivity index (χ2v) is 6.61. The van der Waals surface area contributed by atoms with Crippen molar-refractivity contribution in [2.75, 3.05) is 6.26 Å². The van der Waals surface area contributed by atoms with E-state index >= 15 is 0 Å². The van der Waals surface area contributed by atoms with Crippen molar-refractivity contribution in [3.05, 3.63) is 28.8 Å². The summed E-state index contributed by atoms with van der Waals surface area (Å²) in [5, 5.41) is -0.772. The first-order chi connectivity index (χ1) is 7.71. The molecule has 0 amide bonds. The first kappa shape index (κ1) is 14.0. The molecule has 0 aliphatic rings. The van der Waals surface area contributed by atoms with Gasteiger partial charge in [-0.25, -0.2) is 8.42 Å². The number of halogens is 1. The van der Waals surface area contributed by atoms with Gasteiger partial charge in [-0.3, -0.25) is 4.79 Å². The Morgan fingerprint density at radius 3 is 2.53 bits per heavy atom. The molecule has 0 aliphatic carbocycles. The van der Waals surface area contributed by atoms with Crippen LogP contribution < -0.4 is 4.74 Å². The minimum Gasteiger partial charge on any atom is -0.425 e. The van der Waals surface area contributed by atoms with Crippen LogP contribution in [0.1, 0.15) is 12.5 Å². The molecule has 0 heterocycles. The fourth-order valence-electron chi connectivity index (χ4n) is 1.05. The van der Waals surface area contributed by atoms with E-state index in [0.717, 1.165) is 6.26 Å². The molecule has 94 valence electrons. The number of esters is 1. The lowest BCUT2D eigenvalue weighted by molar-refractivity contribution is -0.133. The normalized spacial score (nSPS) is 13.2. The van der Waals surface area contributed by atoms with Crippen LogP contribution in [0.2, 0.25) is 5.02 Å². The summed E-state index contributed by atoms with van der Waals surface area (Å²) in [6.07, 6.45) is 0.990. The van der Waals surface area contributed by atoms with Gasteiger partial charge in [-0.15, -0.1) is 0 Å². The number of ether oxygens (including phenoxy) is 1. The van der Waals surface area contributed by atoms with Crippen LogP contribution in [0, 0.1) is 6.92 Å². The molecule has 0 saturated heterocycles. The molecule has 4 nitrogen and oxygen atoms in total. The third kappa shape index (κ3) is 3.71. The number of aryl methyl sites for hydroxylation is 1. The highest BCUT2D eigenvalue weighted by Crippen LogP contribution is 2.23. The number of rotatable bonds is 3. The summed E-state index contributed by atoms with van der Waals surface area (Å²) in [6, 6.07) is 4.83. The highest BCUT2D eigenvalue weighted by molar-refractivity contribution is 7.92. The molecule has 0 bridgehead atoms. The average molecular weight is 277 g/mol. The van der Waals surface area contributed by atoms with Crippen molar-refractivity contribution in [2.45, 2.75) is 19.1 Å².